The fourth-order valence-corrected chi connectivity index (χ4v) is 0.673. The Kier molecular flexibility index (Phi) is 4.10. The van der Waals surface area contributed by atoms with Gasteiger partial charge in [-0.25, -0.2) is 0 Å². The second-order valence-corrected chi connectivity index (χ2v) is 2.76. The van der Waals surface area contributed by atoms with Crippen molar-refractivity contribution in [1.82, 2.24) is 0 Å². The number of hydrogen-bond acceptors (Lipinski definition) is 2. The monoisotopic (exact) mass is 141 g/mol. The van der Waals surface area contributed by atoms with Crippen LogP contribution < -0.4 is 5.73 Å². The molecule has 0 aliphatic heterocycles. The summed E-state index contributed by atoms with van der Waals surface area (Å²) < 4.78 is 0. The zero-order valence-electron chi connectivity index (χ0n) is 6.43. The van der Waals surface area contributed by atoms with Gasteiger partial charge in [-0.15, -0.1) is 12.3 Å². The molecule has 0 bridgehead atoms. The number of rotatable bonds is 4. The first-order valence-electron chi connectivity index (χ1n) is 3.48. The van der Waals surface area contributed by atoms with Crippen LogP contribution in [0.5, 0.6) is 0 Å². The summed E-state index contributed by atoms with van der Waals surface area (Å²) in [5, 5.41) is 9.36. The lowest BCUT2D eigenvalue weighted by Crippen LogP contribution is -2.33. The summed E-state index contributed by atoms with van der Waals surface area (Å²) in [6.45, 7) is 2.03. The van der Waals surface area contributed by atoms with E-state index in [0.717, 1.165) is 12.8 Å². The SMILES string of the molecule is C#CCCCC(C)(O)CN. The molecule has 2 nitrogen and oxygen atoms in total. The summed E-state index contributed by atoms with van der Waals surface area (Å²) in [5.41, 5.74) is 4.56. The van der Waals surface area contributed by atoms with Crippen molar-refractivity contribution in [2.75, 3.05) is 6.54 Å². The Morgan fingerprint density at radius 1 is 1.70 bits per heavy atom. The predicted molar refractivity (Wildman–Crippen MR) is 42.4 cm³/mol. The van der Waals surface area contributed by atoms with Gasteiger partial charge in [-0.1, -0.05) is 0 Å². The average Bonchev–Trinajstić information content (AvgIpc) is 1.89. The largest absolute Gasteiger partial charge is 0.389 e. The van der Waals surface area contributed by atoms with Gasteiger partial charge in [-0.05, 0) is 19.8 Å². The minimum atomic E-state index is -0.725. The molecule has 3 N–H and O–H groups in total. The van der Waals surface area contributed by atoms with Crippen LogP contribution in [0.15, 0.2) is 0 Å². The van der Waals surface area contributed by atoms with E-state index in [1.165, 1.54) is 0 Å². The Labute approximate surface area is 62.4 Å². The molecule has 0 aromatic carbocycles. The third kappa shape index (κ3) is 4.37. The van der Waals surface area contributed by atoms with Crippen LogP contribution in [0.25, 0.3) is 0 Å². The molecule has 0 aliphatic carbocycles. The molecule has 0 aromatic rings. The standard InChI is InChI=1S/C8H15NO/c1-3-4-5-6-8(2,10)7-9/h1,10H,4-7,9H2,2H3. The average molecular weight is 141 g/mol. The quantitative estimate of drug-likeness (QED) is 0.442. The van der Waals surface area contributed by atoms with E-state index in [2.05, 4.69) is 5.92 Å². The van der Waals surface area contributed by atoms with E-state index in [0.29, 0.717) is 13.0 Å². The Bertz CT molecular complexity index is 124. The lowest BCUT2D eigenvalue weighted by atomic mass is 10.00. The Morgan fingerprint density at radius 2 is 2.30 bits per heavy atom. The fraction of sp³-hybridized carbons (Fsp3) is 0.750. The molecule has 58 valence electrons. The molecule has 0 aliphatic rings. The van der Waals surface area contributed by atoms with Crippen LogP contribution in [0, 0.1) is 12.3 Å². The highest BCUT2D eigenvalue weighted by Gasteiger charge is 2.16. The maximum Gasteiger partial charge on any atom is 0.0741 e. The molecule has 0 rings (SSSR count). The van der Waals surface area contributed by atoms with Crippen LogP contribution in [-0.4, -0.2) is 17.3 Å². The molecule has 0 saturated heterocycles. The third-order valence-corrected chi connectivity index (χ3v) is 1.48. The van der Waals surface area contributed by atoms with Crippen LogP contribution in [0.2, 0.25) is 0 Å². The minimum absolute atomic E-state index is 0.303. The smallest absolute Gasteiger partial charge is 0.0741 e. The fourth-order valence-electron chi connectivity index (χ4n) is 0.673. The lowest BCUT2D eigenvalue weighted by molar-refractivity contribution is 0.0583. The Morgan fingerprint density at radius 3 is 2.70 bits per heavy atom. The van der Waals surface area contributed by atoms with Gasteiger partial charge in [0.15, 0.2) is 0 Å². The molecule has 0 aromatic heterocycles. The van der Waals surface area contributed by atoms with E-state index in [4.69, 9.17) is 12.2 Å². The van der Waals surface area contributed by atoms with Crippen molar-refractivity contribution in [3.05, 3.63) is 0 Å². The van der Waals surface area contributed by atoms with Crippen molar-refractivity contribution in [2.24, 2.45) is 5.73 Å². The first-order valence-corrected chi connectivity index (χ1v) is 3.48. The van der Waals surface area contributed by atoms with E-state index >= 15 is 0 Å². The number of aliphatic hydroxyl groups is 1. The maximum absolute atomic E-state index is 9.36. The Balaban J connectivity index is 3.39. The van der Waals surface area contributed by atoms with Gasteiger partial charge in [0, 0.05) is 13.0 Å². The molecule has 1 unspecified atom stereocenters. The molecule has 0 spiro atoms. The van der Waals surface area contributed by atoms with Gasteiger partial charge >= 0.3 is 0 Å². The van der Waals surface area contributed by atoms with Crippen LogP contribution >= 0.6 is 0 Å². The number of unbranched alkanes of at least 4 members (excludes halogenated alkanes) is 1. The second-order valence-electron chi connectivity index (χ2n) is 2.76. The van der Waals surface area contributed by atoms with E-state index in [1.807, 2.05) is 0 Å². The zero-order valence-corrected chi connectivity index (χ0v) is 6.43. The molecule has 0 heterocycles. The highest BCUT2D eigenvalue weighted by atomic mass is 16.3. The van der Waals surface area contributed by atoms with Crippen molar-refractivity contribution in [3.63, 3.8) is 0 Å². The summed E-state index contributed by atoms with van der Waals surface area (Å²) in [6.07, 6.45) is 7.29. The van der Waals surface area contributed by atoms with Crippen LogP contribution in [0.1, 0.15) is 26.2 Å². The van der Waals surface area contributed by atoms with Gasteiger partial charge in [0.2, 0.25) is 0 Å². The first-order chi connectivity index (χ1) is 4.62. The lowest BCUT2D eigenvalue weighted by Gasteiger charge is -2.19. The van der Waals surface area contributed by atoms with E-state index in [9.17, 15) is 5.11 Å². The van der Waals surface area contributed by atoms with Gasteiger partial charge in [-0.2, -0.15) is 0 Å². The number of hydrogen-bond donors (Lipinski definition) is 2. The van der Waals surface area contributed by atoms with Crippen molar-refractivity contribution >= 4 is 0 Å². The van der Waals surface area contributed by atoms with Gasteiger partial charge in [0.05, 0.1) is 5.60 Å². The molecule has 0 radical (unpaired) electrons. The van der Waals surface area contributed by atoms with Gasteiger partial charge in [0.25, 0.3) is 0 Å². The third-order valence-electron chi connectivity index (χ3n) is 1.48. The minimum Gasteiger partial charge on any atom is -0.389 e. The molecule has 10 heavy (non-hydrogen) atoms. The van der Waals surface area contributed by atoms with E-state index < -0.39 is 5.60 Å². The molecule has 0 fully saturated rings. The van der Waals surface area contributed by atoms with Crippen molar-refractivity contribution < 1.29 is 5.11 Å². The van der Waals surface area contributed by atoms with Gasteiger partial charge < -0.3 is 10.8 Å². The van der Waals surface area contributed by atoms with Crippen molar-refractivity contribution in [3.8, 4) is 12.3 Å². The molecule has 1 atom stereocenters. The Hall–Kier alpha value is -0.520. The summed E-state index contributed by atoms with van der Waals surface area (Å²) in [6, 6.07) is 0. The van der Waals surface area contributed by atoms with Crippen LogP contribution in [-0.2, 0) is 0 Å². The van der Waals surface area contributed by atoms with Crippen LogP contribution in [0.4, 0.5) is 0 Å². The molecule has 0 amide bonds. The van der Waals surface area contributed by atoms with E-state index in [1.54, 1.807) is 6.92 Å². The summed E-state index contributed by atoms with van der Waals surface area (Å²) in [4.78, 5) is 0. The second kappa shape index (κ2) is 4.32. The topological polar surface area (TPSA) is 46.2 Å². The van der Waals surface area contributed by atoms with Gasteiger partial charge in [0.1, 0.15) is 0 Å². The van der Waals surface area contributed by atoms with Crippen molar-refractivity contribution in [2.45, 2.75) is 31.8 Å². The van der Waals surface area contributed by atoms with Gasteiger partial charge in [-0.3, -0.25) is 0 Å². The zero-order chi connectivity index (χ0) is 8.04. The number of terminal acetylenes is 1. The molecule has 2 heteroatoms. The summed E-state index contributed by atoms with van der Waals surface area (Å²) >= 11 is 0. The first kappa shape index (κ1) is 9.48. The normalized spacial score (nSPS) is 15.8. The molecule has 0 saturated carbocycles. The maximum atomic E-state index is 9.36. The highest BCUT2D eigenvalue weighted by Crippen LogP contribution is 2.10. The van der Waals surface area contributed by atoms with Crippen LogP contribution in [0.3, 0.4) is 0 Å². The molecular formula is C8H15NO. The summed E-state index contributed by atoms with van der Waals surface area (Å²) in [7, 11) is 0. The van der Waals surface area contributed by atoms with Crippen molar-refractivity contribution in [1.29, 1.82) is 0 Å². The number of nitrogens with two attached hydrogens (primary N) is 1. The predicted octanol–water partition coefficient (Wildman–Crippen LogP) is 0.500. The van der Waals surface area contributed by atoms with E-state index in [-0.39, 0.29) is 0 Å². The molecular weight excluding hydrogens is 126 g/mol. The highest BCUT2D eigenvalue weighted by molar-refractivity contribution is 4.85. The summed E-state index contributed by atoms with van der Waals surface area (Å²) in [5.74, 6) is 2.51.